The average molecular weight is 819 g/mol. The van der Waals surface area contributed by atoms with Crippen molar-refractivity contribution in [2.45, 2.75) is 19.3 Å². The normalized spacial score (nSPS) is 13.0. The summed E-state index contributed by atoms with van der Waals surface area (Å²) < 4.78 is 9.11. The number of aromatic nitrogens is 1. The summed E-state index contributed by atoms with van der Waals surface area (Å²) >= 11 is 0. The van der Waals surface area contributed by atoms with Gasteiger partial charge in [0.05, 0.1) is 22.4 Å². The standard InChI is InChI=1S/C61H42N2O/c1-61(2)50-29-11-8-25-47(50)57-46(28-15-30-51(57)61)45-24-9-12-31-52(45)63(55-34-17-33-54-59(55)48-26-10-13-32-53(48)62(54)41-20-4-3-5-21-41)42-22-14-19-40(38-42)43-27-16-35-56-58(43)49-37-36-39-18-6-7-23-44(39)60(49)64-56/h3-38H,1-2H3. The van der Waals surface area contributed by atoms with E-state index in [1.165, 1.54) is 55.1 Å². The molecule has 0 radical (unpaired) electrons. The maximum atomic E-state index is 6.70. The molecule has 3 heteroatoms. The van der Waals surface area contributed by atoms with Crippen LogP contribution in [-0.4, -0.2) is 4.57 Å². The first-order valence-corrected chi connectivity index (χ1v) is 22.2. The van der Waals surface area contributed by atoms with Gasteiger partial charge in [-0.05, 0) is 105 Å². The summed E-state index contributed by atoms with van der Waals surface area (Å²) in [6.45, 7) is 4.72. The zero-order valence-corrected chi connectivity index (χ0v) is 35.6. The van der Waals surface area contributed by atoms with Crippen LogP contribution in [0.25, 0.3) is 93.6 Å². The lowest BCUT2D eigenvalue weighted by molar-refractivity contribution is 0.660. The summed E-state index contributed by atoms with van der Waals surface area (Å²) in [6.07, 6.45) is 0. The lowest BCUT2D eigenvalue weighted by atomic mass is 9.82. The SMILES string of the molecule is CC1(C)c2ccccc2-c2c(-c3ccccc3N(c3cccc(-c4cccc5oc6c7ccccc7ccc6c45)c3)c3cccc4c3c3ccccc3n4-c3ccccc3)cccc21. The number of fused-ring (bicyclic) bond motifs is 11. The van der Waals surface area contributed by atoms with E-state index in [4.69, 9.17) is 4.42 Å². The number of hydrogen-bond acceptors (Lipinski definition) is 2. The molecule has 2 aromatic heterocycles. The lowest BCUT2D eigenvalue weighted by Crippen LogP contribution is -2.15. The summed E-state index contributed by atoms with van der Waals surface area (Å²) in [7, 11) is 0. The lowest BCUT2D eigenvalue weighted by Gasteiger charge is -2.30. The van der Waals surface area contributed by atoms with Crippen LogP contribution in [0, 0.1) is 0 Å². The first kappa shape index (κ1) is 36.5. The molecule has 2 heterocycles. The Balaban J connectivity index is 1.10. The van der Waals surface area contributed by atoms with E-state index in [0.29, 0.717) is 0 Å². The largest absolute Gasteiger partial charge is 0.455 e. The van der Waals surface area contributed by atoms with Crippen molar-refractivity contribution in [1.82, 2.24) is 4.57 Å². The van der Waals surface area contributed by atoms with E-state index < -0.39 is 0 Å². The topological polar surface area (TPSA) is 21.3 Å². The van der Waals surface area contributed by atoms with Gasteiger partial charge < -0.3 is 13.9 Å². The molecular formula is C61H42N2O. The third kappa shape index (κ3) is 5.28. The van der Waals surface area contributed by atoms with Crippen LogP contribution in [0.15, 0.2) is 223 Å². The fraction of sp³-hybridized carbons (Fsp3) is 0.0492. The molecule has 0 N–H and O–H groups in total. The number of furan rings is 1. The summed E-state index contributed by atoms with van der Waals surface area (Å²) in [6, 6.07) is 79.7. The van der Waals surface area contributed by atoms with Crippen molar-refractivity contribution < 1.29 is 4.42 Å². The molecule has 0 bridgehead atoms. The van der Waals surface area contributed by atoms with E-state index in [1.54, 1.807) is 0 Å². The van der Waals surface area contributed by atoms with Gasteiger partial charge in [-0.1, -0.05) is 172 Å². The number of nitrogens with zero attached hydrogens (tertiary/aromatic N) is 2. The van der Waals surface area contributed by atoms with Crippen LogP contribution in [0.4, 0.5) is 17.1 Å². The van der Waals surface area contributed by atoms with Crippen molar-refractivity contribution in [1.29, 1.82) is 0 Å². The molecule has 0 aliphatic heterocycles. The minimum Gasteiger partial charge on any atom is -0.455 e. The van der Waals surface area contributed by atoms with Crippen LogP contribution in [-0.2, 0) is 5.41 Å². The van der Waals surface area contributed by atoms with Crippen molar-refractivity contribution in [3.63, 3.8) is 0 Å². The van der Waals surface area contributed by atoms with Crippen molar-refractivity contribution in [3.8, 4) is 39.1 Å². The van der Waals surface area contributed by atoms with Crippen LogP contribution in [0.3, 0.4) is 0 Å². The minimum absolute atomic E-state index is 0.125. The smallest absolute Gasteiger partial charge is 0.143 e. The summed E-state index contributed by atoms with van der Waals surface area (Å²) in [4.78, 5) is 2.51. The molecule has 13 rings (SSSR count). The first-order valence-electron chi connectivity index (χ1n) is 22.2. The molecule has 1 aliphatic rings. The fourth-order valence-corrected chi connectivity index (χ4v) is 10.9. The second-order valence-electron chi connectivity index (χ2n) is 17.6. The Kier molecular flexibility index (Phi) is 7.95. The van der Waals surface area contributed by atoms with Gasteiger partial charge in [-0.25, -0.2) is 0 Å². The number of anilines is 3. The van der Waals surface area contributed by atoms with Gasteiger partial charge in [-0.15, -0.1) is 0 Å². The highest BCUT2D eigenvalue weighted by atomic mass is 16.3. The molecule has 0 amide bonds. The molecule has 1 aliphatic carbocycles. The Hall–Kier alpha value is -8.14. The number of para-hydroxylation sites is 3. The Morgan fingerprint density at radius 3 is 2.00 bits per heavy atom. The summed E-state index contributed by atoms with van der Waals surface area (Å²) in [5.41, 5.74) is 18.4. The average Bonchev–Trinajstić information content (AvgIpc) is 3.98. The first-order chi connectivity index (χ1) is 31.5. The van der Waals surface area contributed by atoms with Gasteiger partial charge in [0.2, 0.25) is 0 Å². The van der Waals surface area contributed by atoms with Gasteiger partial charge >= 0.3 is 0 Å². The zero-order chi connectivity index (χ0) is 42.5. The molecule has 0 spiro atoms. The van der Waals surface area contributed by atoms with Gasteiger partial charge in [-0.3, -0.25) is 0 Å². The van der Waals surface area contributed by atoms with Gasteiger partial charge in [-0.2, -0.15) is 0 Å². The molecule has 12 aromatic rings. The van der Waals surface area contributed by atoms with Gasteiger partial charge in [0.25, 0.3) is 0 Å². The molecule has 302 valence electrons. The van der Waals surface area contributed by atoms with Crippen LogP contribution in [0.5, 0.6) is 0 Å². The highest BCUT2D eigenvalue weighted by molar-refractivity contribution is 6.20. The molecule has 0 saturated heterocycles. The third-order valence-corrected chi connectivity index (χ3v) is 13.8. The Morgan fingerprint density at radius 2 is 1.09 bits per heavy atom. The maximum Gasteiger partial charge on any atom is 0.143 e. The Bertz CT molecular complexity index is 3830. The van der Waals surface area contributed by atoms with Crippen LogP contribution >= 0.6 is 0 Å². The Morgan fingerprint density at radius 1 is 0.438 bits per heavy atom. The predicted octanol–water partition coefficient (Wildman–Crippen LogP) is 16.9. The number of benzene rings is 10. The van der Waals surface area contributed by atoms with Gasteiger partial charge in [0.1, 0.15) is 11.2 Å². The van der Waals surface area contributed by atoms with Crippen molar-refractivity contribution in [3.05, 3.63) is 230 Å². The van der Waals surface area contributed by atoms with Crippen LogP contribution < -0.4 is 4.90 Å². The third-order valence-electron chi connectivity index (χ3n) is 13.8. The van der Waals surface area contributed by atoms with Gasteiger partial charge in [0, 0.05) is 49.3 Å². The Labute approximate surface area is 371 Å². The summed E-state index contributed by atoms with van der Waals surface area (Å²) in [5.74, 6) is 0. The van der Waals surface area contributed by atoms with Crippen molar-refractivity contribution in [2.75, 3.05) is 4.90 Å². The summed E-state index contributed by atoms with van der Waals surface area (Å²) in [5, 5.41) is 6.94. The highest BCUT2D eigenvalue weighted by Gasteiger charge is 2.37. The van der Waals surface area contributed by atoms with Crippen LogP contribution in [0.1, 0.15) is 25.0 Å². The molecule has 0 unspecified atom stereocenters. The molecule has 3 nitrogen and oxygen atoms in total. The molecule has 64 heavy (non-hydrogen) atoms. The van der Waals surface area contributed by atoms with E-state index >= 15 is 0 Å². The molecule has 10 aromatic carbocycles. The maximum absolute atomic E-state index is 6.70. The van der Waals surface area contributed by atoms with E-state index in [1.807, 2.05) is 0 Å². The molecule has 0 fully saturated rings. The minimum atomic E-state index is -0.125. The quantitative estimate of drug-likeness (QED) is 0.167. The van der Waals surface area contributed by atoms with Crippen molar-refractivity contribution >= 4 is 71.6 Å². The van der Waals surface area contributed by atoms with E-state index in [2.05, 4.69) is 242 Å². The highest BCUT2D eigenvalue weighted by Crippen LogP contribution is 2.54. The zero-order valence-electron chi connectivity index (χ0n) is 35.6. The van der Waals surface area contributed by atoms with E-state index in [-0.39, 0.29) is 5.41 Å². The molecule has 0 atom stereocenters. The van der Waals surface area contributed by atoms with E-state index in [0.717, 1.165) is 66.7 Å². The number of hydrogen-bond donors (Lipinski definition) is 0. The van der Waals surface area contributed by atoms with Gasteiger partial charge in [0.15, 0.2) is 0 Å². The number of rotatable bonds is 6. The second kappa shape index (κ2) is 13.9. The van der Waals surface area contributed by atoms with Crippen LogP contribution in [0.2, 0.25) is 0 Å². The second-order valence-corrected chi connectivity index (χ2v) is 17.6. The van der Waals surface area contributed by atoms with Crippen molar-refractivity contribution in [2.24, 2.45) is 0 Å². The monoisotopic (exact) mass is 818 g/mol. The van der Waals surface area contributed by atoms with E-state index in [9.17, 15) is 0 Å². The molecular weight excluding hydrogens is 777 g/mol. The fourth-order valence-electron chi connectivity index (χ4n) is 10.9. The molecule has 0 saturated carbocycles. The predicted molar refractivity (Wildman–Crippen MR) is 269 cm³/mol.